The van der Waals surface area contributed by atoms with Gasteiger partial charge >= 0.3 is 0 Å². The van der Waals surface area contributed by atoms with Crippen molar-refractivity contribution < 1.29 is 13.2 Å². The fraction of sp³-hybridized carbons (Fsp3) is 0.412. The molecule has 0 unspecified atom stereocenters. The fourth-order valence-electron chi connectivity index (χ4n) is 2.89. The first-order valence-corrected chi connectivity index (χ1v) is 10.2. The summed E-state index contributed by atoms with van der Waals surface area (Å²) in [5.41, 5.74) is 3.08. The Bertz CT molecular complexity index is 831. The van der Waals surface area contributed by atoms with Gasteiger partial charge in [0.25, 0.3) is 5.91 Å². The van der Waals surface area contributed by atoms with E-state index in [0.29, 0.717) is 25.2 Å². The van der Waals surface area contributed by atoms with Crippen molar-refractivity contribution in [3.63, 3.8) is 0 Å². The van der Waals surface area contributed by atoms with E-state index < -0.39 is 9.84 Å². The number of fused-ring (bicyclic) bond motifs is 1. The summed E-state index contributed by atoms with van der Waals surface area (Å²) in [6.45, 7) is 1.80. The van der Waals surface area contributed by atoms with Gasteiger partial charge in [0, 0.05) is 37.3 Å². The number of benzene rings is 1. The zero-order valence-electron chi connectivity index (χ0n) is 13.9. The number of hydrogen-bond donors (Lipinski definition) is 3. The van der Waals surface area contributed by atoms with Crippen LogP contribution in [0.4, 0.5) is 0 Å². The lowest BCUT2D eigenvalue weighted by Crippen LogP contribution is -2.29. The highest BCUT2D eigenvalue weighted by atomic mass is 32.2. The van der Waals surface area contributed by atoms with E-state index in [2.05, 4.69) is 20.8 Å². The van der Waals surface area contributed by atoms with Crippen molar-refractivity contribution in [2.45, 2.75) is 25.1 Å². The molecule has 0 saturated heterocycles. The second kappa shape index (κ2) is 7.79. The van der Waals surface area contributed by atoms with Gasteiger partial charge in [0.05, 0.1) is 11.5 Å². The van der Waals surface area contributed by atoms with E-state index in [1.165, 1.54) is 0 Å². The van der Waals surface area contributed by atoms with Gasteiger partial charge in [-0.1, -0.05) is 30.3 Å². The van der Waals surface area contributed by atoms with Gasteiger partial charge in [-0.15, -0.1) is 0 Å². The third-order valence-electron chi connectivity index (χ3n) is 4.17. The first kappa shape index (κ1) is 17.6. The summed E-state index contributed by atoms with van der Waals surface area (Å²) in [5, 5.41) is 13.0. The van der Waals surface area contributed by atoms with Crippen LogP contribution < -0.4 is 10.6 Å². The maximum Gasteiger partial charge on any atom is 0.272 e. The van der Waals surface area contributed by atoms with Gasteiger partial charge in [0.2, 0.25) is 0 Å². The van der Waals surface area contributed by atoms with Crippen LogP contribution in [-0.2, 0) is 28.6 Å². The lowest BCUT2D eigenvalue weighted by atomic mass is 10.1. The van der Waals surface area contributed by atoms with Crippen molar-refractivity contribution in [1.29, 1.82) is 0 Å². The second-order valence-corrected chi connectivity index (χ2v) is 8.33. The molecule has 1 aromatic carbocycles. The average molecular weight is 362 g/mol. The molecule has 0 radical (unpaired) electrons. The number of nitrogens with one attached hydrogen (secondary N) is 3. The monoisotopic (exact) mass is 362 g/mol. The molecule has 134 valence electrons. The summed E-state index contributed by atoms with van der Waals surface area (Å²) in [4.78, 5) is 12.2. The van der Waals surface area contributed by atoms with Crippen LogP contribution in [0.15, 0.2) is 30.3 Å². The summed E-state index contributed by atoms with van der Waals surface area (Å²) in [7, 11) is -3.18. The van der Waals surface area contributed by atoms with Crippen LogP contribution in [0.2, 0.25) is 0 Å². The molecule has 0 aliphatic carbocycles. The highest BCUT2D eigenvalue weighted by Gasteiger charge is 2.21. The molecule has 1 aromatic heterocycles. The summed E-state index contributed by atoms with van der Waals surface area (Å²) in [6, 6.07) is 9.10. The van der Waals surface area contributed by atoms with E-state index >= 15 is 0 Å². The van der Waals surface area contributed by atoms with Gasteiger partial charge in [-0.3, -0.25) is 9.89 Å². The molecule has 0 atom stereocenters. The van der Waals surface area contributed by atoms with E-state index in [1.807, 2.05) is 18.2 Å². The number of H-pyrrole nitrogens is 1. The quantitative estimate of drug-likeness (QED) is 0.632. The minimum Gasteiger partial charge on any atom is -0.351 e. The van der Waals surface area contributed by atoms with Crippen molar-refractivity contribution in [2.75, 3.05) is 18.8 Å². The molecule has 7 nitrogen and oxygen atoms in total. The van der Waals surface area contributed by atoms with Crippen LogP contribution in [0.5, 0.6) is 0 Å². The Labute approximate surface area is 147 Å². The Balaban J connectivity index is 1.46. The number of aromatic nitrogens is 2. The number of hydrogen-bond acceptors (Lipinski definition) is 5. The summed E-state index contributed by atoms with van der Waals surface area (Å²) in [5.74, 6) is -0.190. The summed E-state index contributed by atoms with van der Waals surface area (Å²) >= 11 is 0. The zero-order chi connectivity index (χ0) is 17.7. The van der Waals surface area contributed by atoms with E-state index in [9.17, 15) is 13.2 Å². The maximum absolute atomic E-state index is 12.2. The molecule has 0 spiro atoms. The first-order chi connectivity index (χ1) is 12.1. The van der Waals surface area contributed by atoms with Gasteiger partial charge in [-0.2, -0.15) is 5.10 Å². The van der Waals surface area contributed by atoms with Crippen LogP contribution >= 0.6 is 0 Å². The minimum absolute atomic E-state index is 0.0281. The summed E-state index contributed by atoms with van der Waals surface area (Å²) < 4.78 is 24.3. The van der Waals surface area contributed by atoms with Crippen molar-refractivity contribution in [2.24, 2.45) is 0 Å². The van der Waals surface area contributed by atoms with Crippen molar-refractivity contribution >= 4 is 15.7 Å². The Morgan fingerprint density at radius 1 is 1.24 bits per heavy atom. The topological polar surface area (TPSA) is 104 Å². The van der Waals surface area contributed by atoms with Gasteiger partial charge in [0.15, 0.2) is 15.5 Å². The smallest absolute Gasteiger partial charge is 0.272 e. The largest absolute Gasteiger partial charge is 0.351 e. The summed E-state index contributed by atoms with van der Waals surface area (Å²) in [6.07, 6.45) is 1.21. The van der Waals surface area contributed by atoms with Crippen molar-refractivity contribution in [3.8, 4) is 0 Å². The van der Waals surface area contributed by atoms with Crippen LogP contribution in [0, 0.1) is 0 Å². The lowest BCUT2D eigenvalue weighted by molar-refractivity contribution is 0.0947. The highest BCUT2D eigenvalue weighted by molar-refractivity contribution is 7.90. The molecule has 1 aliphatic heterocycles. The third-order valence-corrected chi connectivity index (χ3v) is 5.85. The van der Waals surface area contributed by atoms with E-state index in [4.69, 9.17) is 0 Å². The number of rotatable bonds is 7. The Morgan fingerprint density at radius 3 is 2.84 bits per heavy atom. The minimum atomic E-state index is -3.18. The normalized spacial score (nSPS) is 14.1. The number of nitrogens with zero attached hydrogens (tertiary/aromatic N) is 1. The maximum atomic E-state index is 12.2. The van der Waals surface area contributed by atoms with Gasteiger partial charge in [-0.25, -0.2) is 8.42 Å². The molecule has 1 aliphatic rings. The molecule has 8 heteroatoms. The Kier molecular flexibility index (Phi) is 5.50. The Morgan fingerprint density at radius 2 is 2.04 bits per heavy atom. The molecule has 0 fully saturated rings. The standard InChI is InChI=1S/C17H22N4O3S/c22-17(16-14-11-18-9-7-15(14)20-21-16)19-8-4-10-25(23,24)12-13-5-2-1-3-6-13/h1-3,5-6,18H,4,7-12H2,(H,19,22)(H,20,21). The number of carbonyl (C=O) groups is 1. The zero-order valence-corrected chi connectivity index (χ0v) is 14.7. The number of amides is 1. The lowest BCUT2D eigenvalue weighted by Gasteiger charge is -2.12. The number of sulfone groups is 1. The van der Waals surface area contributed by atoms with Crippen LogP contribution in [0.1, 0.15) is 33.7 Å². The molecule has 2 aromatic rings. The predicted molar refractivity (Wildman–Crippen MR) is 94.9 cm³/mol. The van der Waals surface area contributed by atoms with Gasteiger partial charge in [-0.05, 0) is 12.0 Å². The van der Waals surface area contributed by atoms with E-state index in [1.54, 1.807) is 12.1 Å². The molecule has 0 bridgehead atoms. The van der Waals surface area contributed by atoms with Crippen LogP contribution in [0.25, 0.3) is 0 Å². The Hall–Kier alpha value is -2.19. The highest BCUT2D eigenvalue weighted by Crippen LogP contribution is 2.15. The second-order valence-electron chi connectivity index (χ2n) is 6.14. The molecule has 0 saturated carbocycles. The number of carbonyl (C=O) groups excluding carboxylic acids is 1. The molecular weight excluding hydrogens is 340 g/mol. The van der Waals surface area contributed by atoms with Gasteiger partial charge < -0.3 is 10.6 Å². The number of aromatic amines is 1. The van der Waals surface area contributed by atoms with E-state index in [-0.39, 0.29) is 17.4 Å². The third kappa shape index (κ3) is 4.67. The van der Waals surface area contributed by atoms with Crippen molar-refractivity contribution in [3.05, 3.63) is 52.8 Å². The molecule has 3 rings (SSSR count). The van der Waals surface area contributed by atoms with Gasteiger partial charge in [0.1, 0.15) is 0 Å². The molecule has 25 heavy (non-hydrogen) atoms. The molecule has 2 heterocycles. The first-order valence-electron chi connectivity index (χ1n) is 8.34. The molecule has 3 N–H and O–H groups in total. The van der Waals surface area contributed by atoms with Crippen LogP contribution in [-0.4, -0.2) is 43.4 Å². The van der Waals surface area contributed by atoms with E-state index in [0.717, 1.165) is 29.8 Å². The van der Waals surface area contributed by atoms with Crippen LogP contribution in [0.3, 0.4) is 0 Å². The molecule has 1 amide bonds. The SMILES string of the molecule is O=C(NCCCS(=O)(=O)Cc1ccccc1)c1n[nH]c2c1CNCC2. The average Bonchev–Trinajstić information content (AvgIpc) is 3.03. The van der Waals surface area contributed by atoms with Crippen molar-refractivity contribution in [1.82, 2.24) is 20.8 Å². The fourth-order valence-corrected chi connectivity index (χ4v) is 4.32. The molecular formula is C17H22N4O3S. The predicted octanol–water partition coefficient (Wildman–Crippen LogP) is 0.790.